The molecule has 1 heterocycles. The SMILES string of the molecule is CCCC(=O)N(c1ccc2oc(C)c(C(=O)OC)c2c1)S(=O)(=O)c1cc([N+](=O)[O-])ccc1C. The van der Waals surface area contributed by atoms with Gasteiger partial charge in [-0.05, 0) is 44.0 Å². The molecule has 0 saturated heterocycles. The molecule has 33 heavy (non-hydrogen) atoms. The maximum atomic E-state index is 13.6. The second-order valence-corrected chi connectivity index (χ2v) is 9.08. The van der Waals surface area contributed by atoms with Crippen molar-refractivity contribution in [1.82, 2.24) is 0 Å². The Bertz CT molecular complexity index is 1370. The van der Waals surface area contributed by atoms with Gasteiger partial charge in [0, 0.05) is 23.9 Å². The molecule has 0 aliphatic carbocycles. The molecule has 0 N–H and O–H groups in total. The number of hydrogen-bond acceptors (Lipinski definition) is 8. The zero-order chi connectivity index (χ0) is 24.5. The van der Waals surface area contributed by atoms with Crippen LogP contribution < -0.4 is 4.31 Å². The van der Waals surface area contributed by atoms with Crippen molar-refractivity contribution in [2.24, 2.45) is 0 Å². The summed E-state index contributed by atoms with van der Waals surface area (Å²) in [5, 5.41) is 11.5. The van der Waals surface area contributed by atoms with Crippen LogP contribution in [0, 0.1) is 24.0 Å². The van der Waals surface area contributed by atoms with Crippen molar-refractivity contribution in [3.8, 4) is 0 Å². The normalized spacial score (nSPS) is 11.4. The molecule has 11 heteroatoms. The Hall–Kier alpha value is -3.73. The van der Waals surface area contributed by atoms with E-state index in [0.29, 0.717) is 16.3 Å². The van der Waals surface area contributed by atoms with Gasteiger partial charge in [0.25, 0.3) is 15.7 Å². The minimum atomic E-state index is -4.53. The van der Waals surface area contributed by atoms with Gasteiger partial charge in [0.2, 0.25) is 5.91 Å². The van der Waals surface area contributed by atoms with Crippen LogP contribution >= 0.6 is 0 Å². The lowest BCUT2D eigenvalue weighted by atomic mass is 10.1. The molecular formula is C22H22N2O8S. The van der Waals surface area contributed by atoms with Crippen LogP contribution in [0.1, 0.15) is 41.4 Å². The fraction of sp³-hybridized carbons (Fsp3) is 0.273. The van der Waals surface area contributed by atoms with Crippen LogP contribution in [0.4, 0.5) is 11.4 Å². The number of fused-ring (bicyclic) bond motifs is 1. The van der Waals surface area contributed by atoms with E-state index in [2.05, 4.69) is 0 Å². The summed E-state index contributed by atoms with van der Waals surface area (Å²) < 4.78 is 38.2. The summed E-state index contributed by atoms with van der Waals surface area (Å²) in [6.07, 6.45) is 0.290. The molecule has 1 amide bonds. The van der Waals surface area contributed by atoms with Gasteiger partial charge >= 0.3 is 5.97 Å². The molecule has 3 aromatic rings. The van der Waals surface area contributed by atoms with Gasteiger partial charge in [-0.1, -0.05) is 13.0 Å². The number of esters is 1. The number of furan rings is 1. The van der Waals surface area contributed by atoms with Gasteiger partial charge in [-0.2, -0.15) is 0 Å². The fourth-order valence-electron chi connectivity index (χ4n) is 3.50. The number of carbonyl (C=O) groups is 2. The lowest BCUT2D eigenvalue weighted by Crippen LogP contribution is -2.37. The Kier molecular flexibility index (Phi) is 6.54. The fourth-order valence-corrected chi connectivity index (χ4v) is 5.19. The summed E-state index contributed by atoms with van der Waals surface area (Å²) in [5.41, 5.74) is 0.212. The number of ether oxygens (including phenoxy) is 1. The lowest BCUT2D eigenvalue weighted by Gasteiger charge is -2.23. The van der Waals surface area contributed by atoms with Crippen molar-refractivity contribution in [3.05, 3.63) is 63.4 Å². The molecule has 0 aliphatic rings. The van der Waals surface area contributed by atoms with Gasteiger partial charge in [0.05, 0.1) is 22.6 Å². The highest BCUT2D eigenvalue weighted by Gasteiger charge is 2.33. The van der Waals surface area contributed by atoms with Crippen molar-refractivity contribution in [2.45, 2.75) is 38.5 Å². The highest BCUT2D eigenvalue weighted by atomic mass is 32.2. The number of non-ortho nitro benzene ring substituents is 1. The number of anilines is 1. The van der Waals surface area contributed by atoms with Crippen molar-refractivity contribution < 1.29 is 32.1 Å². The van der Waals surface area contributed by atoms with E-state index in [-0.39, 0.29) is 39.3 Å². The summed E-state index contributed by atoms with van der Waals surface area (Å²) in [7, 11) is -3.32. The average Bonchev–Trinajstić information content (AvgIpc) is 3.08. The third kappa shape index (κ3) is 4.31. The predicted octanol–water partition coefficient (Wildman–Crippen LogP) is 4.27. The van der Waals surface area contributed by atoms with Gasteiger partial charge in [0.1, 0.15) is 16.9 Å². The van der Waals surface area contributed by atoms with Crippen molar-refractivity contribution in [3.63, 3.8) is 0 Å². The van der Waals surface area contributed by atoms with Crippen LogP contribution in [0.15, 0.2) is 45.7 Å². The molecule has 2 aromatic carbocycles. The highest BCUT2D eigenvalue weighted by molar-refractivity contribution is 7.93. The molecule has 0 radical (unpaired) electrons. The van der Waals surface area contributed by atoms with E-state index in [1.807, 2.05) is 0 Å². The van der Waals surface area contributed by atoms with Crippen LogP contribution in [-0.4, -0.2) is 32.3 Å². The third-order valence-electron chi connectivity index (χ3n) is 5.06. The number of carbonyl (C=O) groups excluding carboxylic acids is 2. The van der Waals surface area contributed by atoms with Crippen molar-refractivity contribution >= 4 is 44.2 Å². The number of nitro benzene ring substituents is 1. The third-order valence-corrected chi connectivity index (χ3v) is 6.95. The van der Waals surface area contributed by atoms with Gasteiger partial charge in [0.15, 0.2) is 0 Å². The Morgan fingerprint density at radius 1 is 1.15 bits per heavy atom. The predicted molar refractivity (Wildman–Crippen MR) is 120 cm³/mol. The van der Waals surface area contributed by atoms with E-state index in [9.17, 15) is 28.1 Å². The van der Waals surface area contributed by atoms with Gasteiger partial charge in [-0.3, -0.25) is 14.9 Å². The molecule has 0 bridgehead atoms. The molecule has 0 spiro atoms. The van der Waals surface area contributed by atoms with Crippen LogP contribution in [0.2, 0.25) is 0 Å². The van der Waals surface area contributed by atoms with E-state index in [0.717, 1.165) is 6.07 Å². The summed E-state index contributed by atoms with van der Waals surface area (Å²) in [6.45, 7) is 4.77. The number of aryl methyl sites for hydroxylation is 2. The molecule has 1 aromatic heterocycles. The molecule has 10 nitrogen and oxygen atoms in total. The minimum Gasteiger partial charge on any atom is -0.465 e. The molecular weight excluding hydrogens is 452 g/mol. The zero-order valence-corrected chi connectivity index (χ0v) is 19.3. The number of amides is 1. The molecule has 0 fully saturated rings. The lowest BCUT2D eigenvalue weighted by molar-refractivity contribution is -0.385. The largest absolute Gasteiger partial charge is 0.465 e. The van der Waals surface area contributed by atoms with Crippen molar-refractivity contribution in [2.75, 3.05) is 11.4 Å². The quantitative estimate of drug-likeness (QED) is 0.281. The van der Waals surface area contributed by atoms with E-state index in [1.54, 1.807) is 13.8 Å². The van der Waals surface area contributed by atoms with E-state index >= 15 is 0 Å². The number of nitro groups is 1. The second-order valence-electron chi connectivity index (χ2n) is 7.33. The zero-order valence-electron chi connectivity index (χ0n) is 18.4. The number of nitrogens with zero attached hydrogens (tertiary/aromatic N) is 2. The Balaban J connectivity index is 2.27. The number of rotatable bonds is 7. The first-order valence-corrected chi connectivity index (χ1v) is 11.4. The molecule has 0 atom stereocenters. The first kappa shape index (κ1) is 23.9. The maximum Gasteiger partial charge on any atom is 0.342 e. The van der Waals surface area contributed by atoms with Gasteiger partial charge in [-0.25, -0.2) is 17.5 Å². The van der Waals surface area contributed by atoms with Crippen LogP contribution in [0.5, 0.6) is 0 Å². The molecule has 3 rings (SSSR count). The smallest absolute Gasteiger partial charge is 0.342 e. The van der Waals surface area contributed by atoms with Crippen LogP contribution in [0.3, 0.4) is 0 Å². The monoisotopic (exact) mass is 474 g/mol. The first-order valence-electron chi connectivity index (χ1n) is 9.97. The Labute approximate surface area is 189 Å². The van der Waals surface area contributed by atoms with E-state index < -0.39 is 32.5 Å². The van der Waals surface area contributed by atoms with Crippen molar-refractivity contribution in [1.29, 1.82) is 0 Å². The molecule has 0 saturated carbocycles. The maximum absolute atomic E-state index is 13.6. The highest BCUT2D eigenvalue weighted by Crippen LogP contribution is 2.34. The van der Waals surface area contributed by atoms with Crippen LogP contribution in [-0.2, 0) is 19.6 Å². The molecule has 0 aliphatic heterocycles. The van der Waals surface area contributed by atoms with E-state index in [1.165, 1.54) is 44.4 Å². The van der Waals surface area contributed by atoms with Crippen LogP contribution in [0.25, 0.3) is 11.0 Å². The Morgan fingerprint density at radius 2 is 1.85 bits per heavy atom. The van der Waals surface area contributed by atoms with Gasteiger partial charge in [-0.15, -0.1) is 0 Å². The summed E-state index contributed by atoms with van der Waals surface area (Å²) >= 11 is 0. The topological polar surface area (TPSA) is 137 Å². The standard InChI is InChI=1S/C22H22N2O8S/c1-5-6-20(25)23(33(29,30)19-12-16(24(27)28)8-7-13(19)2)15-9-10-18-17(11-15)21(14(3)32-18)22(26)31-4/h7-12H,5-6H2,1-4H3. The molecule has 174 valence electrons. The number of sulfonamides is 1. The summed E-state index contributed by atoms with van der Waals surface area (Å²) in [5.74, 6) is -1.12. The summed E-state index contributed by atoms with van der Waals surface area (Å²) in [6, 6.07) is 7.62. The second kappa shape index (κ2) is 9.02. The number of benzene rings is 2. The molecule has 0 unspecified atom stereocenters. The number of methoxy groups -OCH3 is 1. The summed E-state index contributed by atoms with van der Waals surface area (Å²) in [4.78, 5) is 35.4. The van der Waals surface area contributed by atoms with E-state index in [4.69, 9.17) is 9.15 Å². The minimum absolute atomic E-state index is 0.0298. The first-order chi connectivity index (χ1) is 15.5. The Morgan fingerprint density at radius 3 is 2.45 bits per heavy atom. The average molecular weight is 474 g/mol. The number of hydrogen-bond donors (Lipinski definition) is 0. The van der Waals surface area contributed by atoms with Gasteiger partial charge < -0.3 is 9.15 Å².